The largest absolute Gasteiger partial charge is 0.369 e. The van der Waals surface area contributed by atoms with Gasteiger partial charge >= 0.3 is 0 Å². The minimum absolute atomic E-state index is 0.672. The van der Waals surface area contributed by atoms with Crippen molar-refractivity contribution in [3.8, 4) is 11.6 Å². The van der Waals surface area contributed by atoms with Crippen molar-refractivity contribution in [1.29, 1.82) is 0 Å². The fourth-order valence-electron chi connectivity index (χ4n) is 2.10. The van der Waals surface area contributed by atoms with Gasteiger partial charge in [-0.15, -0.1) is 11.3 Å². The lowest BCUT2D eigenvalue weighted by Gasteiger charge is -2.07. The summed E-state index contributed by atoms with van der Waals surface area (Å²) in [5.74, 6) is 2.36. The smallest absolute Gasteiger partial charge is 0.199 e. The number of hydrogen-bond acceptors (Lipinski definition) is 5. The molecule has 3 aromatic rings. The van der Waals surface area contributed by atoms with Gasteiger partial charge in [-0.3, -0.25) is 0 Å². The van der Waals surface area contributed by atoms with Gasteiger partial charge in [-0.1, -0.05) is 6.92 Å². The first-order valence-corrected chi connectivity index (χ1v) is 7.50. The first-order chi connectivity index (χ1) is 9.69. The van der Waals surface area contributed by atoms with Crippen LogP contribution in [0.1, 0.15) is 18.2 Å². The number of imidazole rings is 1. The zero-order valence-corrected chi connectivity index (χ0v) is 12.7. The number of rotatable bonds is 4. The van der Waals surface area contributed by atoms with Crippen LogP contribution in [0.15, 0.2) is 18.5 Å². The van der Waals surface area contributed by atoms with E-state index in [1.54, 1.807) is 17.5 Å². The number of anilines is 1. The van der Waals surface area contributed by atoms with E-state index in [9.17, 15) is 0 Å². The van der Waals surface area contributed by atoms with E-state index in [1.165, 1.54) is 4.88 Å². The second-order valence-corrected chi connectivity index (χ2v) is 6.00. The van der Waals surface area contributed by atoms with Crippen molar-refractivity contribution in [3.63, 3.8) is 0 Å². The molecule has 20 heavy (non-hydrogen) atoms. The molecule has 104 valence electrons. The van der Waals surface area contributed by atoms with E-state index in [-0.39, 0.29) is 0 Å². The zero-order chi connectivity index (χ0) is 14.1. The Morgan fingerprint density at radius 1 is 1.35 bits per heavy atom. The van der Waals surface area contributed by atoms with Gasteiger partial charge in [0.2, 0.25) is 0 Å². The van der Waals surface area contributed by atoms with E-state index >= 15 is 0 Å². The normalized spacial score (nSPS) is 11.2. The highest BCUT2D eigenvalue weighted by Gasteiger charge is 2.14. The molecule has 0 amide bonds. The molecule has 0 aliphatic rings. The Labute approximate surface area is 121 Å². The third-order valence-corrected chi connectivity index (χ3v) is 4.02. The van der Waals surface area contributed by atoms with E-state index in [2.05, 4.69) is 40.2 Å². The average molecular weight is 287 g/mol. The quantitative estimate of drug-likeness (QED) is 0.800. The van der Waals surface area contributed by atoms with Crippen molar-refractivity contribution >= 4 is 27.4 Å². The summed E-state index contributed by atoms with van der Waals surface area (Å²) in [7, 11) is 1.95. The maximum Gasteiger partial charge on any atom is 0.199 e. The van der Waals surface area contributed by atoms with Crippen LogP contribution in [0.4, 0.5) is 5.82 Å². The van der Waals surface area contributed by atoms with Gasteiger partial charge in [-0.2, -0.15) is 0 Å². The predicted octanol–water partition coefficient (Wildman–Crippen LogP) is 3.22. The van der Waals surface area contributed by atoms with E-state index in [1.807, 2.05) is 17.8 Å². The van der Waals surface area contributed by atoms with Crippen molar-refractivity contribution in [1.82, 2.24) is 19.5 Å². The van der Waals surface area contributed by atoms with Crippen LogP contribution >= 0.6 is 11.3 Å². The molecule has 5 nitrogen and oxygen atoms in total. The van der Waals surface area contributed by atoms with Gasteiger partial charge in [0.05, 0.1) is 5.39 Å². The Morgan fingerprint density at radius 2 is 2.20 bits per heavy atom. The average Bonchev–Trinajstić information content (AvgIpc) is 3.00. The fraction of sp³-hybridized carbons (Fsp3) is 0.357. The summed E-state index contributed by atoms with van der Waals surface area (Å²) in [5, 5.41) is 4.49. The van der Waals surface area contributed by atoms with Crippen LogP contribution in [-0.4, -0.2) is 26.1 Å². The first-order valence-electron chi connectivity index (χ1n) is 6.68. The van der Waals surface area contributed by atoms with Crippen molar-refractivity contribution < 1.29 is 0 Å². The maximum atomic E-state index is 4.66. The molecule has 0 aliphatic heterocycles. The molecule has 0 spiro atoms. The molecule has 0 unspecified atom stereocenters. The molecule has 6 heteroatoms. The van der Waals surface area contributed by atoms with Crippen molar-refractivity contribution in [2.75, 3.05) is 11.9 Å². The van der Waals surface area contributed by atoms with Gasteiger partial charge in [0, 0.05) is 30.9 Å². The summed E-state index contributed by atoms with van der Waals surface area (Å²) < 4.78 is 1.94. The molecule has 0 saturated carbocycles. The Kier molecular flexibility index (Phi) is 3.40. The van der Waals surface area contributed by atoms with Crippen molar-refractivity contribution in [3.05, 3.63) is 23.3 Å². The lowest BCUT2D eigenvalue weighted by atomic mass is 10.3. The van der Waals surface area contributed by atoms with Gasteiger partial charge in [-0.05, 0) is 19.4 Å². The van der Waals surface area contributed by atoms with Gasteiger partial charge in [0.1, 0.15) is 10.6 Å². The third kappa shape index (κ3) is 2.27. The van der Waals surface area contributed by atoms with Crippen LogP contribution in [-0.2, 0) is 7.05 Å². The number of thiophene rings is 1. The minimum Gasteiger partial charge on any atom is -0.369 e. The summed E-state index contributed by atoms with van der Waals surface area (Å²) in [4.78, 5) is 15.9. The van der Waals surface area contributed by atoms with E-state index in [4.69, 9.17) is 0 Å². The summed E-state index contributed by atoms with van der Waals surface area (Å²) in [5.41, 5.74) is 0. The topological polar surface area (TPSA) is 55.6 Å². The Bertz CT molecular complexity index is 743. The molecule has 0 aliphatic carbocycles. The maximum absolute atomic E-state index is 4.66. The van der Waals surface area contributed by atoms with Gasteiger partial charge in [-0.25, -0.2) is 15.0 Å². The molecule has 0 saturated heterocycles. The number of aryl methyl sites for hydroxylation is 2. The van der Waals surface area contributed by atoms with Gasteiger partial charge in [0.15, 0.2) is 11.6 Å². The monoisotopic (exact) mass is 287 g/mol. The van der Waals surface area contributed by atoms with Crippen molar-refractivity contribution in [2.24, 2.45) is 7.05 Å². The molecule has 1 N–H and O–H groups in total. The number of nitrogens with one attached hydrogen (secondary N) is 1. The number of aromatic nitrogens is 4. The third-order valence-electron chi connectivity index (χ3n) is 3.08. The first kappa shape index (κ1) is 13.1. The lowest BCUT2D eigenvalue weighted by molar-refractivity contribution is 0.907. The SMILES string of the molecule is CCCNc1nc(-c2nccn2C)nc2sc(C)cc12. The second-order valence-electron chi connectivity index (χ2n) is 4.76. The van der Waals surface area contributed by atoms with E-state index < -0.39 is 0 Å². The van der Waals surface area contributed by atoms with Gasteiger partial charge in [0.25, 0.3) is 0 Å². The second kappa shape index (κ2) is 5.20. The highest BCUT2D eigenvalue weighted by Crippen LogP contribution is 2.30. The molecule has 0 aromatic carbocycles. The molecule has 0 fully saturated rings. The Morgan fingerprint density at radius 3 is 2.90 bits per heavy atom. The number of hydrogen-bond donors (Lipinski definition) is 1. The van der Waals surface area contributed by atoms with E-state index in [0.29, 0.717) is 5.82 Å². The van der Waals surface area contributed by atoms with Crippen LogP contribution in [0.5, 0.6) is 0 Å². The molecule has 0 atom stereocenters. The Hall–Kier alpha value is -1.95. The summed E-state index contributed by atoms with van der Waals surface area (Å²) in [6.07, 6.45) is 4.73. The van der Waals surface area contributed by atoms with Crippen LogP contribution in [0.2, 0.25) is 0 Å². The predicted molar refractivity (Wildman–Crippen MR) is 83.1 cm³/mol. The molecule has 0 radical (unpaired) electrons. The van der Waals surface area contributed by atoms with Crippen LogP contribution in [0.3, 0.4) is 0 Å². The van der Waals surface area contributed by atoms with Gasteiger partial charge < -0.3 is 9.88 Å². The molecule has 3 aromatic heterocycles. The van der Waals surface area contributed by atoms with Crippen molar-refractivity contribution in [2.45, 2.75) is 20.3 Å². The standard InChI is InChI=1S/C14H17N5S/c1-4-5-15-11-10-8-9(2)20-14(10)18-12(17-11)13-16-6-7-19(13)3/h6-8H,4-5H2,1-3H3,(H,15,17,18). The summed E-state index contributed by atoms with van der Waals surface area (Å²) >= 11 is 1.69. The number of fused-ring (bicyclic) bond motifs is 1. The highest BCUT2D eigenvalue weighted by atomic mass is 32.1. The lowest BCUT2D eigenvalue weighted by Crippen LogP contribution is -2.05. The fourth-order valence-corrected chi connectivity index (χ4v) is 2.98. The zero-order valence-electron chi connectivity index (χ0n) is 11.8. The minimum atomic E-state index is 0.672. The highest BCUT2D eigenvalue weighted by molar-refractivity contribution is 7.18. The van der Waals surface area contributed by atoms with Crippen LogP contribution in [0, 0.1) is 6.92 Å². The summed E-state index contributed by atoms with van der Waals surface area (Å²) in [6, 6.07) is 2.14. The molecule has 3 rings (SSSR count). The molecular formula is C14H17N5S. The number of nitrogens with zero attached hydrogens (tertiary/aromatic N) is 4. The molecule has 0 bridgehead atoms. The Balaban J connectivity index is 2.16. The van der Waals surface area contributed by atoms with E-state index in [0.717, 1.165) is 34.8 Å². The van der Waals surface area contributed by atoms with Crippen LogP contribution < -0.4 is 5.32 Å². The molecule has 3 heterocycles. The summed E-state index contributed by atoms with van der Waals surface area (Å²) in [6.45, 7) is 5.14. The van der Waals surface area contributed by atoms with Crippen LogP contribution in [0.25, 0.3) is 21.9 Å². The molecular weight excluding hydrogens is 270 g/mol.